The summed E-state index contributed by atoms with van der Waals surface area (Å²) >= 11 is 0. The summed E-state index contributed by atoms with van der Waals surface area (Å²) in [6.45, 7) is 1.72. The van der Waals surface area contributed by atoms with Crippen LogP contribution in [-0.4, -0.2) is 41.3 Å². The topological polar surface area (TPSA) is 81.9 Å². The first-order valence-electron chi connectivity index (χ1n) is 3.58. The van der Waals surface area contributed by atoms with Crippen LogP contribution in [0.25, 0.3) is 0 Å². The van der Waals surface area contributed by atoms with Crippen LogP contribution in [0.1, 0.15) is 6.42 Å². The van der Waals surface area contributed by atoms with Gasteiger partial charge in [-0.1, -0.05) is 5.16 Å². The maximum atomic E-state index is 10.6. The second kappa shape index (κ2) is 5.43. The van der Waals surface area contributed by atoms with E-state index in [1.165, 1.54) is 0 Å². The number of carboxylic acid groups (broad SMARTS) is 1. The Morgan fingerprint density at radius 1 is 1.50 bits per heavy atom. The van der Waals surface area contributed by atoms with Crippen molar-refractivity contribution >= 4 is 11.7 Å². The lowest BCUT2D eigenvalue weighted by Gasteiger charge is -1.93. The number of alkyl halides is 3. The van der Waals surface area contributed by atoms with Gasteiger partial charge in [0.05, 0.1) is 5.71 Å². The predicted octanol–water partition coefficient (Wildman–Crippen LogP) is 0.443. The number of aliphatic carboxylic acids is 1. The molecule has 0 radical (unpaired) electrons. The van der Waals surface area contributed by atoms with Gasteiger partial charge in [0.15, 0.2) is 0 Å². The van der Waals surface area contributed by atoms with Crippen LogP contribution in [0.4, 0.5) is 13.2 Å². The van der Waals surface area contributed by atoms with Gasteiger partial charge in [0.25, 0.3) is 0 Å². The molecule has 1 aliphatic rings. The summed E-state index contributed by atoms with van der Waals surface area (Å²) in [5.74, 6) is -2.76. The molecule has 0 aromatic carbocycles. The van der Waals surface area contributed by atoms with E-state index < -0.39 is 12.1 Å². The van der Waals surface area contributed by atoms with Crippen LogP contribution in [0.5, 0.6) is 0 Å². The zero-order valence-corrected chi connectivity index (χ0v) is 7.01. The van der Waals surface area contributed by atoms with E-state index in [1.54, 1.807) is 0 Å². The number of rotatable bonds is 0. The highest BCUT2D eigenvalue weighted by molar-refractivity contribution is 5.87. The molecule has 0 aromatic rings. The molecule has 0 bridgehead atoms. The monoisotopic (exact) mass is 214 g/mol. The summed E-state index contributed by atoms with van der Waals surface area (Å²) < 4.78 is 31.7. The average molecular weight is 214 g/mol. The summed E-state index contributed by atoms with van der Waals surface area (Å²) in [6, 6.07) is 0. The van der Waals surface area contributed by atoms with Gasteiger partial charge in [-0.05, 0) is 0 Å². The molecule has 0 amide bonds. The van der Waals surface area contributed by atoms with Crippen molar-refractivity contribution in [1.82, 2.24) is 5.32 Å². The third-order valence-corrected chi connectivity index (χ3v) is 1.30. The highest BCUT2D eigenvalue weighted by atomic mass is 19.4. The Kier molecular flexibility index (Phi) is 4.92. The number of hydrogen-bond donors (Lipinski definition) is 3. The van der Waals surface area contributed by atoms with Gasteiger partial charge in [-0.15, -0.1) is 0 Å². The fourth-order valence-electron chi connectivity index (χ4n) is 0.639. The van der Waals surface area contributed by atoms with Gasteiger partial charge < -0.3 is 15.6 Å². The maximum Gasteiger partial charge on any atom is 0.490 e. The van der Waals surface area contributed by atoms with E-state index in [-0.39, 0.29) is 0 Å². The number of oxime groups is 1. The van der Waals surface area contributed by atoms with Crippen LogP contribution >= 0.6 is 0 Å². The van der Waals surface area contributed by atoms with Crippen LogP contribution in [-0.2, 0) is 4.79 Å². The zero-order chi connectivity index (χ0) is 11.2. The van der Waals surface area contributed by atoms with E-state index >= 15 is 0 Å². The Hall–Kier alpha value is -1.31. The third-order valence-electron chi connectivity index (χ3n) is 1.30. The minimum atomic E-state index is -5.08. The first-order chi connectivity index (χ1) is 6.38. The van der Waals surface area contributed by atoms with Gasteiger partial charge >= 0.3 is 12.1 Å². The molecule has 82 valence electrons. The highest BCUT2D eigenvalue weighted by Crippen LogP contribution is 2.13. The van der Waals surface area contributed by atoms with Gasteiger partial charge in [-0.25, -0.2) is 4.79 Å². The molecule has 1 fully saturated rings. The van der Waals surface area contributed by atoms with Gasteiger partial charge in [0, 0.05) is 19.5 Å². The van der Waals surface area contributed by atoms with Gasteiger partial charge in [-0.3, -0.25) is 0 Å². The lowest BCUT2D eigenvalue weighted by Crippen LogP contribution is -2.21. The average Bonchev–Trinajstić information content (AvgIpc) is 2.54. The second-order valence-corrected chi connectivity index (χ2v) is 2.40. The standard InChI is InChI=1S/C4H8N2O.C2HF3O2/c7-6-4-1-2-5-3-4;3-2(4,5)1(6)7/h5,7H,1-3H2;(H,6,7). The van der Waals surface area contributed by atoms with E-state index in [0.717, 1.165) is 25.2 Å². The van der Waals surface area contributed by atoms with Crippen LogP contribution in [0.3, 0.4) is 0 Å². The Bertz CT molecular complexity index is 219. The first kappa shape index (κ1) is 12.7. The van der Waals surface area contributed by atoms with Crippen molar-refractivity contribution in [1.29, 1.82) is 0 Å². The molecule has 0 aliphatic carbocycles. The molecule has 1 rings (SSSR count). The van der Waals surface area contributed by atoms with Gasteiger partial charge in [-0.2, -0.15) is 13.2 Å². The third kappa shape index (κ3) is 5.36. The minimum Gasteiger partial charge on any atom is -0.475 e. The molecule has 0 atom stereocenters. The SMILES string of the molecule is O=C(O)C(F)(F)F.ON=C1CCNC1. The molecule has 1 aliphatic heterocycles. The number of halogens is 3. The molecule has 1 heterocycles. The van der Waals surface area contributed by atoms with Crippen LogP contribution in [0.2, 0.25) is 0 Å². The molecule has 0 aromatic heterocycles. The first-order valence-corrected chi connectivity index (χ1v) is 3.58. The number of carbonyl (C=O) groups is 1. The smallest absolute Gasteiger partial charge is 0.475 e. The molecule has 0 unspecified atom stereocenters. The molecular weight excluding hydrogens is 205 g/mol. The molecular formula is C6H9F3N2O3. The largest absolute Gasteiger partial charge is 0.490 e. The highest BCUT2D eigenvalue weighted by Gasteiger charge is 2.38. The lowest BCUT2D eigenvalue weighted by atomic mass is 10.3. The predicted molar refractivity (Wildman–Crippen MR) is 40.4 cm³/mol. The molecule has 0 saturated carbocycles. The molecule has 0 spiro atoms. The van der Waals surface area contributed by atoms with E-state index in [2.05, 4.69) is 10.5 Å². The maximum absolute atomic E-state index is 10.6. The van der Waals surface area contributed by atoms with Gasteiger partial charge in [0.1, 0.15) is 0 Å². The number of hydrogen-bond acceptors (Lipinski definition) is 4. The Labute approximate surface area is 77.2 Å². The van der Waals surface area contributed by atoms with Crippen molar-refractivity contribution in [3.8, 4) is 0 Å². The zero-order valence-electron chi connectivity index (χ0n) is 7.01. The Morgan fingerprint density at radius 3 is 2.14 bits per heavy atom. The quantitative estimate of drug-likeness (QED) is 0.403. The summed E-state index contributed by atoms with van der Waals surface area (Å²) in [4.78, 5) is 8.90. The summed E-state index contributed by atoms with van der Waals surface area (Å²) in [6.07, 6.45) is -4.18. The molecule has 3 N–H and O–H groups in total. The second-order valence-electron chi connectivity index (χ2n) is 2.40. The number of nitrogens with one attached hydrogen (secondary N) is 1. The van der Waals surface area contributed by atoms with E-state index in [0.29, 0.717) is 0 Å². The van der Waals surface area contributed by atoms with Gasteiger partial charge in [0.2, 0.25) is 0 Å². The van der Waals surface area contributed by atoms with E-state index in [9.17, 15) is 13.2 Å². The lowest BCUT2D eigenvalue weighted by molar-refractivity contribution is -0.192. The van der Waals surface area contributed by atoms with Crippen molar-refractivity contribution in [3.05, 3.63) is 0 Å². The van der Waals surface area contributed by atoms with Crippen LogP contribution < -0.4 is 5.32 Å². The van der Waals surface area contributed by atoms with Crippen LogP contribution in [0, 0.1) is 0 Å². The Balaban J connectivity index is 0.000000241. The number of carboxylic acids is 1. The fourth-order valence-corrected chi connectivity index (χ4v) is 0.639. The normalized spacial score (nSPS) is 18.9. The molecule has 1 saturated heterocycles. The summed E-state index contributed by atoms with van der Waals surface area (Å²) in [5.41, 5.74) is 0.861. The van der Waals surface area contributed by atoms with Crippen molar-refractivity contribution in [2.75, 3.05) is 13.1 Å². The van der Waals surface area contributed by atoms with Crippen molar-refractivity contribution in [2.45, 2.75) is 12.6 Å². The molecule has 8 heteroatoms. The van der Waals surface area contributed by atoms with Crippen molar-refractivity contribution in [2.24, 2.45) is 5.16 Å². The van der Waals surface area contributed by atoms with Crippen molar-refractivity contribution < 1.29 is 28.3 Å². The van der Waals surface area contributed by atoms with Crippen LogP contribution in [0.15, 0.2) is 5.16 Å². The molecule has 5 nitrogen and oxygen atoms in total. The van der Waals surface area contributed by atoms with E-state index in [1.807, 2.05) is 0 Å². The fraction of sp³-hybridized carbons (Fsp3) is 0.667. The number of nitrogens with zero attached hydrogens (tertiary/aromatic N) is 1. The van der Waals surface area contributed by atoms with Crippen molar-refractivity contribution in [3.63, 3.8) is 0 Å². The van der Waals surface area contributed by atoms with E-state index in [4.69, 9.17) is 15.1 Å². The molecule has 14 heavy (non-hydrogen) atoms. The summed E-state index contributed by atoms with van der Waals surface area (Å²) in [7, 11) is 0. The minimum absolute atomic E-state index is 0.760. The summed E-state index contributed by atoms with van der Waals surface area (Å²) in [5, 5.41) is 21.3. The Morgan fingerprint density at radius 2 is 2.00 bits per heavy atom.